The Bertz CT molecular complexity index is 444. The van der Waals surface area contributed by atoms with E-state index in [9.17, 15) is 4.21 Å². The maximum absolute atomic E-state index is 10.8. The van der Waals surface area contributed by atoms with E-state index in [4.69, 9.17) is 4.55 Å². The van der Waals surface area contributed by atoms with Gasteiger partial charge in [-0.15, -0.1) is 11.3 Å². The minimum Gasteiger partial charge on any atom is -1.00 e. The molecule has 5 heteroatoms. The van der Waals surface area contributed by atoms with Crippen LogP contribution >= 0.6 is 11.3 Å². The largest absolute Gasteiger partial charge is 1.00 e. The molecule has 0 amide bonds. The number of thiophene rings is 1. The zero-order valence-corrected chi connectivity index (χ0v) is 10.7. The Morgan fingerprint density at radius 3 is 2.77 bits per heavy atom. The van der Waals surface area contributed by atoms with Crippen molar-refractivity contribution in [2.24, 2.45) is 0 Å². The molecule has 1 aromatic carbocycles. The molecular formula is C8H7NaO2S2. The molecule has 1 N–H and O–H groups in total. The van der Waals surface area contributed by atoms with E-state index >= 15 is 0 Å². The molecule has 0 fully saturated rings. The van der Waals surface area contributed by atoms with E-state index in [1.165, 1.54) is 11.3 Å². The van der Waals surface area contributed by atoms with Crippen molar-refractivity contribution >= 4 is 32.5 Å². The van der Waals surface area contributed by atoms with Crippen molar-refractivity contribution in [2.75, 3.05) is 0 Å². The fraction of sp³-hybridized carbons (Fsp3) is 0. The van der Waals surface area contributed by atoms with Crippen molar-refractivity contribution in [1.82, 2.24) is 0 Å². The van der Waals surface area contributed by atoms with Crippen LogP contribution in [0.1, 0.15) is 1.43 Å². The summed E-state index contributed by atoms with van der Waals surface area (Å²) in [7, 11) is 0. The molecule has 2 aromatic rings. The smallest absolute Gasteiger partial charge is 1.00 e. The van der Waals surface area contributed by atoms with E-state index in [2.05, 4.69) is 0 Å². The molecule has 2 nitrogen and oxygen atoms in total. The summed E-state index contributed by atoms with van der Waals surface area (Å²) in [5, 5.41) is 2.60. The van der Waals surface area contributed by atoms with Crippen LogP contribution in [0.25, 0.3) is 10.1 Å². The Hall–Kier alpha value is 0.290. The topological polar surface area (TPSA) is 37.3 Å². The molecule has 1 aromatic heterocycles. The first-order chi connectivity index (χ1) is 5.79. The van der Waals surface area contributed by atoms with E-state index in [1.807, 2.05) is 24.3 Å². The Morgan fingerprint density at radius 1 is 1.38 bits per heavy atom. The molecule has 0 aliphatic rings. The minimum absolute atomic E-state index is 0. The number of hydrogen-bond acceptors (Lipinski definition) is 2. The van der Waals surface area contributed by atoms with Gasteiger partial charge < -0.3 is 5.98 Å². The summed E-state index contributed by atoms with van der Waals surface area (Å²) in [6.07, 6.45) is 0. The number of hydrogen-bond donors (Lipinski definition) is 1. The van der Waals surface area contributed by atoms with E-state index in [1.54, 1.807) is 5.38 Å². The standard InChI is InChI=1S/C8H6O2S2.Na.H/c9-12(10)8-5-11-7-4-2-1-3-6(7)8;;/h1-5H,(H,9,10);;/q;+1;-1. The minimum atomic E-state index is -1.86. The van der Waals surface area contributed by atoms with E-state index in [0.29, 0.717) is 4.90 Å². The average molecular weight is 222 g/mol. The molecule has 0 spiro atoms. The zero-order chi connectivity index (χ0) is 8.55. The molecule has 2 rings (SSSR count). The van der Waals surface area contributed by atoms with Gasteiger partial charge in [0.25, 0.3) is 0 Å². The van der Waals surface area contributed by atoms with E-state index < -0.39 is 11.1 Å². The summed E-state index contributed by atoms with van der Waals surface area (Å²) in [6.45, 7) is 0. The molecular weight excluding hydrogens is 215 g/mol. The molecule has 1 atom stereocenters. The van der Waals surface area contributed by atoms with Crippen LogP contribution in [-0.4, -0.2) is 8.76 Å². The van der Waals surface area contributed by atoms with Crippen LogP contribution in [0, 0.1) is 0 Å². The maximum atomic E-state index is 10.8. The van der Waals surface area contributed by atoms with Gasteiger partial charge in [-0.25, -0.2) is 4.21 Å². The van der Waals surface area contributed by atoms with Gasteiger partial charge in [-0.3, -0.25) is 0 Å². The molecule has 0 radical (unpaired) electrons. The van der Waals surface area contributed by atoms with Crippen LogP contribution in [0.2, 0.25) is 0 Å². The predicted molar refractivity (Wildman–Crippen MR) is 52.0 cm³/mol. The molecule has 13 heavy (non-hydrogen) atoms. The van der Waals surface area contributed by atoms with Crippen molar-refractivity contribution in [2.45, 2.75) is 4.90 Å². The second kappa shape index (κ2) is 4.68. The first-order valence-electron chi connectivity index (χ1n) is 3.36. The van der Waals surface area contributed by atoms with Gasteiger partial charge in [-0.05, 0) is 6.07 Å². The molecule has 0 saturated carbocycles. The van der Waals surface area contributed by atoms with Crippen molar-refractivity contribution in [3.8, 4) is 0 Å². The monoisotopic (exact) mass is 222 g/mol. The van der Waals surface area contributed by atoms with Crippen LogP contribution in [0.5, 0.6) is 0 Å². The van der Waals surface area contributed by atoms with Gasteiger partial charge in [-0.2, -0.15) is 0 Å². The molecule has 0 saturated heterocycles. The normalized spacial score (nSPS) is 12.4. The van der Waals surface area contributed by atoms with Crippen LogP contribution in [-0.2, 0) is 11.1 Å². The second-order valence-corrected chi connectivity index (χ2v) is 4.19. The second-order valence-electron chi connectivity index (χ2n) is 2.35. The van der Waals surface area contributed by atoms with Crippen molar-refractivity contribution in [3.05, 3.63) is 29.6 Å². The summed E-state index contributed by atoms with van der Waals surface area (Å²) in [4.78, 5) is 0.510. The van der Waals surface area contributed by atoms with E-state index in [0.717, 1.165) is 10.1 Å². The zero-order valence-electron chi connectivity index (χ0n) is 8.06. The van der Waals surface area contributed by atoms with Gasteiger partial charge in [0, 0.05) is 15.5 Å². The molecule has 0 bridgehead atoms. The predicted octanol–water partition coefficient (Wildman–Crippen LogP) is -0.402. The van der Waals surface area contributed by atoms with Crippen molar-refractivity contribution in [1.29, 1.82) is 0 Å². The molecule has 0 aliphatic carbocycles. The molecule has 64 valence electrons. The van der Waals surface area contributed by atoms with Gasteiger partial charge in [0.15, 0.2) is 11.1 Å². The Labute approximate surface area is 106 Å². The van der Waals surface area contributed by atoms with Crippen LogP contribution in [0.4, 0.5) is 0 Å². The SMILES string of the molecule is O=S(O)c1csc2ccccc12.[H-].[Na+]. The van der Waals surface area contributed by atoms with Gasteiger partial charge in [0.05, 0.1) is 4.90 Å². The molecule has 0 aliphatic heterocycles. The first-order valence-corrected chi connectivity index (χ1v) is 5.35. The quantitative estimate of drug-likeness (QED) is 0.526. The number of benzene rings is 1. The average Bonchev–Trinajstić information content (AvgIpc) is 2.47. The maximum Gasteiger partial charge on any atom is 1.00 e. The summed E-state index contributed by atoms with van der Waals surface area (Å²) in [5.74, 6) is 0. The Balaban J connectivity index is 0.000000845. The number of fused-ring (bicyclic) bond motifs is 1. The number of rotatable bonds is 1. The summed E-state index contributed by atoms with van der Waals surface area (Å²) >= 11 is -0.373. The summed E-state index contributed by atoms with van der Waals surface area (Å²) in [5.41, 5.74) is 0. The first kappa shape index (κ1) is 11.4. The molecule has 1 unspecified atom stereocenters. The summed E-state index contributed by atoms with van der Waals surface area (Å²) < 4.78 is 20.7. The van der Waals surface area contributed by atoms with Gasteiger partial charge >= 0.3 is 29.6 Å². The van der Waals surface area contributed by atoms with Crippen molar-refractivity contribution < 1.29 is 39.7 Å². The van der Waals surface area contributed by atoms with Crippen LogP contribution < -0.4 is 29.6 Å². The summed E-state index contributed by atoms with van der Waals surface area (Å²) in [6, 6.07) is 7.58. The van der Waals surface area contributed by atoms with Gasteiger partial charge in [0.1, 0.15) is 0 Å². The Kier molecular flexibility index (Phi) is 4.09. The van der Waals surface area contributed by atoms with E-state index in [-0.39, 0.29) is 31.0 Å². The molecule has 1 heterocycles. The van der Waals surface area contributed by atoms with Gasteiger partial charge in [-0.1, -0.05) is 18.2 Å². The third-order valence-corrected chi connectivity index (χ3v) is 3.46. The van der Waals surface area contributed by atoms with Crippen LogP contribution in [0.15, 0.2) is 34.5 Å². The third-order valence-electron chi connectivity index (χ3n) is 1.63. The fourth-order valence-electron chi connectivity index (χ4n) is 1.09. The van der Waals surface area contributed by atoms with Gasteiger partial charge in [0.2, 0.25) is 0 Å². The third kappa shape index (κ3) is 2.21. The van der Waals surface area contributed by atoms with Crippen LogP contribution in [0.3, 0.4) is 0 Å². The van der Waals surface area contributed by atoms with Crippen molar-refractivity contribution in [3.63, 3.8) is 0 Å². The Morgan fingerprint density at radius 2 is 2.08 bits per heavy atom. The fourth-order valence-corrected chi connectivity index (χ4v) is 2.82.